The molecule has 6 nitrogen and oxygen atoms in total. The molecule has 0 aromatic carbocycles. The summed E-state index contributed by atoms with van der Waals surface area (Å²) in [7, 11) is 0. The number of nitrogens with one attached hydrogen (secondary N) is 1. The molecule has 0 heterocycles. The van der Waals surface area contributed by atoms with Gasteiger partial charge in [0.25, 0.3) is 0 Å². The van der Waals surface area contributed by atoms with Crippen LogP contribution in [0.3, 0.4) is 0 Å². The molecule has 3 N–H and O–H groups in total. The predicted molar refractivity (Wildman–Crippen MR) is 273 cm³/mol. The fourth-order valence-corrected chi connectivity index (χ4v) is 7.68. The molecule has 3 atom stereocenters. The summed E-state index contributed by atoms with van der Waals surface area (Å²) >= 11 is 0. The second kappa shape index (κ2) is 50.3. The van der Waals surface area contributed by atoms with Crippen LogP contribution in [0.1, 0.15) is 252 Å². The van der Waals surface area contributed by atoms with Crippen LogP contribution in [0.25, 0.3) is 0 Å². The Morgan fingerprint density at radius 1 is 0.460 bits per heavy atom. The number of hydrogen-bond donors (Lipinski definition) is 3. The molecule has 364 valence electrons. The van der Waals surface area contributed by atoms with E-state index in [1.165, 1.54) is 109 Å². The second-order valence-electron chi connectivity index (χ2n) is 17.9. The van der Waals surface area contributed by atoms with E-state index in [-0.39, 0.29) is 24.9 Å². The number of rotatable bonds is 47. The average Bonchev–Trinajstić information content (AvgIpc) is 3.28. The standard InChI is InChI=1S/C57H101NO5/c1-4-7-10-13-16-19-22-25-27-28-30-32-35-38-41-44-47-50-57(62)63-53(48-45-42-39-36-33-31-29-26-23-20-17-14-11-8-5-2)51-56(61)58-54(52-59)55(60)49-46-43-40-37-34-24-21-18-15-12-9-6-3/h16-17,19-20,25-27,29-30,32-33,36,53-55,59-60H,4-15,18,21-24,28,31,34-35,37-52H2,1-3H3,(H,58,61)/b19-16-,20-17-,27-25-,29-26-,32-30-,36-33-. The highest BCUT2D eigenvalue weighted by Crippen LogP contribution is 2.17. The maximum atomic E-state index is 13.2. The molecule has 0 aliphatic carbocycles. The summed E-state index contributed by atoms with van der Waals surface area (Å²) in [6, 6.07) is -0.721. The van der Waals surface area contributed by atoms with Crippen molar-refractivity contribution in [1.82, 2.24) is 5.32 Å². The monoisotopic (exact) mass is 880 g/mol. The number of ether oxygens (including phenoxy) is 1. The van der Waals surface area contributed by atoms with Crippen molar-refractivity contribution in [2.45, 2.75) is 270 Å². The minimum atomic E-state index is -0.804. The smallest absolute Gasteiger partial charge is 0.306 e. The molecule has 3 unspecified atom stereocenters. The number of amides is 1. The van der Waals surface area contributed by atoms with Gasteiger partial charge in [-0.1, -0.05) is 209 Å². The summed E-state index contributed by atoms with van der Waals surface area (Å²) in [6.45, 7) is 6.41. The van der Waals surface area contributed by atoms with Gasteiger partial charge in [0.05, 0.1) is 25.2 Å². The van der Waals surface area contributed by atoms with E-state index in [9.17, 15) is 19.8 Å². The van der Waals surface area contributed by atoms with Crippen molar-refractivity contribution in [3.05, 3.63) is 72.9 Å². The second-order valence-corrected chi connectivity index (χ2v) is 17.9. The van der Waals surface area contributed by atoms with Crippen LogP contribution < -0.4 is 5.32 Å². The number of carbonyl (C=O) groups is 2. The van der Waals surface area contributed by atoms with E-state index >= 15 is 0 Å². The Kier molecular flexibility index (Phi) is 48.1. The minimum absolute atomic E-state index is 0.0402. The number of hydrogen-bond acceptors (Lipinski definition) is 5. The van der Waals surface area contributed by atoms with Crippen LogP contribution in [0.5, 0.6) is 0 Å². The lowest BCUT2D eigenvalue weighted by molar-refractivity contribution is -0.151. The van der Waals surface area contributed by atoms with Crippen LogP contribution in [0.2, 0.25) is 0 Å². The molecular formula is C57H101NO5. The van der Waals surface area contributed by atoms with E-state index in [2.05, 4.69) is 99.0 Å². The lowest BCUT2D eigenvalue weighted by atomic mass is 10.0. The fraction of sp³-hybridized carbons (Fsp3) is 0.754. The molecule has 0 bridgehead atoms. The maximum absolute atomic E-state index is 13.2. The largest absolute Gasteiger partial charge is 0.462 e. The molecule has 1 amide bonds. The van der Waals surface area contributed by atoms with Gasteiger partial charge in [-0.2, -0.15) is 0 Å². The van der Waals surface area contributed by atoms with Gasteiger partial charge < -0.3 is 20.3 Å². The molecule has 63 heavy (non-hydrogen) atoms. The SMILES string of the molecule is CCCCC/C=C\C/C=C\C/C=C\CCCCCCC(=O)OC(CCCC/C=C\C/C=C\C/C=C\CCCCC)CC(=O)NC(CO)C(O)CCCCCCCCCCCCCC. The summed E-state index contributed by atoms with van der Waals surface area (Å²) < 4.78 is 5.91. The van der Waals surface area contributed by atoms with Gasteiger partial charge in [-0.05, 0) is 103 Å². The molecule has 0 radical (unpaired) electrons. The summed E-state index contributed by atoms with van der Waals surface area (Å²) in [5.74, 6) is -0.537. The van der Waals surface area contributed by atoms with Gasteiger partial charge in [0, 0.05) is 6.42 Å². The summed E-state index contributed by atoms with van der Waals surface area (Å²) in [6.07, 6.45) is 63.8. The zero-order chi connectivity index (χ0) is 45.9. The van der Waals surface area contributed by atoms with Gasteiger partial charge in [0.1, 0.15) is 6.10 Å². The van der Waals surface area contributed by atoms with Gasteiger partial charge in [0.2, 0.25) is 5.91 Å². The summed E-state index contributed by atoms with van der Waals surface area (Å²) in [5.41, 5.74) is 0. The zero-order valence-corrected chi connectivity index (χ0v) is 41.4. The van der Waals surface area contributed by atoms with Crippen molar-refractivity contribution >= 4 is 11.9 Å². The lowest BCUT2D eigenvalue weighted by Crippen LogP contribution is -2.46. The number of unbranched alkanes of at least 4 members (excludes halogenated alkanes) is 23. The van der Waals surface area contributed by atoms with Crippen LogP contribution in [-0.4, -0.2) is 46.9 Å². The Bertz CT molecular complexity index is 1170. The van der Waals surface area contributed by atoms with E-state index < -0.39 is 18.2 Å². The molecule has 0 saturated carbocycles. The van der Waals surface area contributed by atoms with E-state index in [0.29, 0.717) is 19.3 Å². The minimum Gasteiger partial charge on any atom is -0.462 e. The van der Waals surface area contributed by atoms with Gasteiger partial charge in [-0.3, -0.25) is 9.59 Å². The Morgan fingerprint density at radius 3 is 1.27 bits per heavy atom. The van der Waals surface area contributed by atoms with E-state index in [1.807, 2.05) is 0 Å². The normalized spacial score (nSPS) is 13.8. The molecule has 0 rings (SSSR count). The van der Waals surface area contributed by atoms with Crippen LogP contribution in [0.4, 0.5) is 0 Å². The van der Waals surface area contributed by atoms with E-state index in [0.717, 1.165) is 96.3 Å². The van der Waals surface area contributed by atoms with Gasteiger partial charge in [-0.15, -0.1) is 0 Å². The number of esters is 1. The number of allylic oxidation sites excluding steroid dienone is 12. The van der Waals surface area contributed by atoms with Crippen molar-refractivity contribution in [1.29, 1.82) is 0 Å². The van der Waals surface area contributed by atoms with Crippen LogP contribution in [0.15, 0.2) is 72.9 Å². The van der Waals surface area contributed by atoms with Gasteiger partial charge in [0.15, 0.2) is 0 Å². The number of carbonyl (C=O) groups excluding carboxylic acids is 2. The summed E-state index contributed by atoms with van der Waals surface area (Å²) in [5, 5.41) is 23.8. The molecule has 0 aromatic heterocycles. The van der Waals surface area contributed by atoms with Crippen molar-refractivity contribution in [2.75, 3.05) is 6.61 Å². The number of aliphatic hydroxyl groups excluding tert-OH is 2. The molecule has 0 aliphatic heterocycles. The molecule has 0 fully saturated rings. The van der Waals surface area contributed by atoms with Gasteiger partial charge >= 0.3 is 5.97 Å². The lowest BCUT2D eigenvalue weighted by Gasteiger charge is -2.24. The topological polar surface area (TPSA) is 95.9 Å². The highest BCUT2D eigenvalue weighted by molar-refractivity contribution is 5.77. The maximum Gasteiger partial charge on any atom is 0.306 e. The Balaban J connectivity index is 4.70. The molecule has 6 heteroatoms. The first kappa shape index (κ1) is 60.3. The van der Waals surface area contributed by atoms with Gasteiger partial charge in [-0.25, -0.2) is 0 Å². The molecule has 0 aliphatic rings. The van der Waals surface area contributed by atoms with E-state index in [4.69, 9.17) is 4.74 Å². The Labute approximate surface area is 390 Å². The number of aliphatic hydroxyl groups is 2. The summed E-state index contributed by atoms with van der Waals surface area (Å²) in [4.78, 5) is 26.2. The molecule has 0 spiro atoms. The quantitative estimate of drug-likeness (QED) is 0.0321. The Hall–Kier alpha value is -2.70. The fourth-order valence-electron chi connectivity index (χ4n) is 7.68. The molecular weight excluding hydrogens is 779 g/mol. The van der Waals surface area contributed by atoms with Crippen LogP contribution in [0, 0.1) is 0 Å². The van der Waals surface area contributed by atoms with Crippen molar-refractivity contribution in [2.24, 2.45) is 0 Å². The highest BCUT2D eigenvalue weighted by Gasteiger charge is 2.24. The van der Waals surface area contributed by atoms with Crippen molar-refractivity contribution < 1.29 is 24.5 Å². The van der Waals surface area contributed by atoms with Crippen molar-refractivity contribution in [3.8, 4) is 0 Å². The molecule has 0 saturated heterocycles. The van der Waals surface area contributed by atoms with Crippen LogP contribution >= 0.6 is 0 Å². The zero-order valence-electron chi connectivity index (χ0n) is 41.4. The molecule has 0 aromatic rings. The third-order valence-electron chi connectivity index (χ3n) is 11.8. The van der Waals surface area contributed by atoms with Crippen LogP contribution in [-0.2, 0) is 14.3 Å². The predicted octanol–water partition coefficient (Wildman–Crippen LogP) is 16.2. The Morgan fingerprint density at radius 2 is 0.810 bits per heavy atom. The first-order chi connectivity index (χ1) is 31.0. The average molecular weight is 880 g/mol. The highest BCUT2D eigenvalue weighted by atomic mass is 16.5. The van der Waals surface area contributed by atoms with E-state index in [1.54, 1.807) is 0 Å². The first-order valence-corrected chi connectivity index (χ1v) is 26.7. The third-order valence-corrected chi connectivity index (χ3v) is 11.8. The third kappa shape index (κ3) is 45.7. The van der Waals surface area contributed by atoms with Crippen molar-refractivity contribution in [3.63, 3.8) is 0 Å². The first-order valence-electron chi connectivity index (χ1n) is 26.7.